The summed E-state index contributed by atoms with van der Waals surface area (Å²) < 4.78 is 12.4. The van der Waals surface area contributed by atoms with Crippen LogP contribution >= 0.6 is 0 Å². The van der Waals surface area contributed by atoms with Crippen molar-refractivity contribution >= 4 is 0 Å². The van der Waals surface area contributed by atoms with Gasteiger partial charge in [-0.05, 0) is 106 Å². The number of fused-ring (bicyclic) bond motifs is 5. The summed E-state index contributed by atoms with van der Waals surface area (Å²) in [7, 11) is 0. The van der Waals surface area contributed by atoms with Crippen molar-refractivity contribution in [3.05, 3.63) is 16.6 Å². The van der Waals surface area contributed by atoms with E-state index in [1.54, 1.807) is 0 Å². The van der Waals surface area contributed by atoms with Gasteiger partial charge in [-0.3, -0.25) is 0 Å². The molecule has 0 aromatic rings. The molecule has 1 aliphatic heterocycles. The first kappa shape index (κ1) is 31.6. The fourth-order valence-electron chi connectivity index (χ4n) is 10.3. The normalized spacial score (nSPS) is 45.8. The monoisotopic (exact) mass is 575 g/mol. The largest absolute Gasteiger partial charge is 0.394 e. The summed E-state index contributed by atoms with van der Waals surface area (Å²) in [5, 5.41) is 33.4. The minimum Gasteiger partial charge on any atom is -0.394 e. The molecule has 41 heavy (non-hydrogen) atoms. The lowest BCUT2D eigenvalue weighted by atomic mass is 9.43. The maximum absolute atomic E-state index is 11.6. The van der Waals surface area contributed by atoms with E-state index in [0.29, 0.717) is 16.7 Å². The molecule has 0 amide bonds. The van der Waals surface area contributed by atoms with E-state index in [2.05, 4.69) is 38.9 Å². The van der Waals surface area contributed by atoms with E-state index in [1.165, 1.54) is 44.1 Å². The molecular formula is C34H57NO6. The number of rotatable bonds is 9. The number of ether oxygens (including phenoxy) is 2. The zero-order chi connectivity index (χ0) is 29.8. The Labute approximate surface area is 247 Å². The van der Waals surface area contributed by atoms with Crippen LogP contribution in [-0.4, -0.2) is 58.2 Å². The third-order valence-electron chi connectivity index (χ3n) is 12.9. The van der Waals surface area contributed by atoms with E-state index < -0.39 is 30.1 Å². The molecule has 0 radical (unpaired) electrons. The van der Waals surface area contributed by atoms with E-state index in [1.807, 2.05) is 13.8 Å². The van der Waals surface area contributed by atoms with Crippen molar-refractivity contribution in [2.75, 3.05) is 6.61 Å². The van der Waals surface area contributed by atoms with Gasteiger partial charge in [0.25, 0.3) is 0 Å². The second-order valence-corrected chi connectivity index (χ2v) is 16.1. The SMILES string of the molecule is CC(C)(O)CCCCC1CCC2C3CC=C4C(CC[C@H](O[C@@H]5O[C@H](CO)C[C@H](O)[C@H]5N=O)C4(C)C)[C@]3(C)CC[C@]12C. The highest BCUT2D eigenvalue weighted by atomic mass is 16.7. The molecule has 3 saturated carbocycles. The summed E-state index contributed by atoms with van der Waals surface area (Å²) >= 11 is 0. The van der Waals surface area contributed by atoms with Crippen LogP contribution in [0.1, 0.15) is 119 Å². The van der Waals surface area contributed by atoms with Gasteiger partial charge in [-0.2, -0.15) is 4.91 Å². The predicted molar refractivity (Wildman–Crippen MR) is 160 cm³/mol. The van der Waals surface area contributed by atoms with Crippen LogP contribution in [0, 0.1) is 44.8 Å². The van der Waals surface area contributed by atoms with Gasteiger partial charge in [0.15, 0.2) is 12.3 Å². The quantitative estimate of drug-likeness (QED) is 0.164. The molecule has 0 aromatic heterocycles. The summed E-state index contributed by atoms with van der Waals surface area (Å²) in [5.74, 6) is 2.84. The average Bonchev–Trinajstić information content (AvgIpc) is 3.23. The molecule has 1 saturated heterocycles. The van der Waals surface area contributed by atoms with Crippen molar-refractivity contribution in [3.8, 4) is 0 Å². The summed E-state index contributed by atoms with van der Waals surface area (Å²) in [5.41, 5.74) is 1.45. The van der Waals surface area contributed by atoms with Crippen molar-refractivity contribution in [3.63, 3.8) is 0 Å². The van der Waals surface area contributed by atoms with E-state index in [4.69, 9.17) is 9.47 Å². The summed E-state index contributed by atoms with van der Waals surface area (Å²) in [6, 6.07) is -0.977. The molecule has 11 atom stereocenters. The first-order chi connectivity index (χ1) is 19.2. The van der Waals surface area contributed by atoms with Crippen molar-refractivity contribution < 1.29 is 24.8 Å². The third-order valence-corrected chi connectivity index (χ3v) is 12.9. The Kier molecular flexibility index (Phi) is 8.91. The summed E-state index contributed by atoms with van der Waals surface area (Å²) in [4.78, 5) is 11.6. The minimum atomic E-state index is -0.977. The van der Waals surface area contributed by atoms with E-state index in [0.717, 1.165) is 49.9 Å². The van der Waals surface area contributed by atoms with E-state index in [-0.39, 0.29) is 24.5 Å². The molecule has 5 aliphatic rings. The molecule has 0 bridgehead atoms. The van der Waals surface area contributed by atoms with Crippen LogP contribution < -0.4 is 0 Å². The van der Waals surface area contributed by atoms with Gasteiger partial charge < -0.3 is 24.8 Å². The first-order valence-electron chi connectivity index (χ1n) is 16.6. The average molecular weight is 576 g/mol. The Balaban J connectivity index is 1.29. The topological polar surface area (TPSA) is 109 Å². The number of aliphatic hydroxyl groups is 3. The fourth-order valence-corrected chi connectivity index (χ4v) is 10.3. The lowest BCUT2D eigenvalue weighted by Crippen LogP contribution is -2.57. The van der Waals surface area contributed by atoms with Crippen LogP contribution in [0.5, 0.6) is 0 Å². The van der Waals surface area contributed by atoms with Gasteiger partial charge in [0, 0.05) is 11.8 Å². The summed E-state index contributed by atoms with van der Waals surface area (Å²) in [6.07, 6.45) is 13.1. The second-order valence-electron chi connectivity index (χ2n) is 16.1. The molecule has 0 spiro atoms. The van der Waals surface area contributed by atoms with Crippen molar-refractivity contribution in [1.82, 2.24) is 0 Å². The van der Waals surface area contributed by atoms with Crippen molar-refractivity contribution in [2.45, 2.75) is 155 Å². The third kappa shape index (κ3) is 5.72. The van der Waals surface area contributed by atoms with Crippen LogP contribution in [0.3, 0.4) is 0 Å². The van der Waals surface area contributed by atoms with Crippen LogP contribution in [0.4, 0.5) is 0 Å². The van der Waals surface area contributed by atoms with Crippen LogP contribution in [0.25, 0.3) is 0 Å². The number of unbranched alkanes of at least 4 members (excludes halogenated alkanes) is 1. The standard InChI is InChI=1S/C34H57NO6/c1-31(2,38)16-8-7-9-21-10-11-25-26-13-12-23-24(34(26,6)18-17-33(21,25)5)14-15-28(32(23,3)4)41-30-29(35-39)27(37)19-22(20-36)40-30/h12,21-22,24-30,36-38H,7-11,13-20H2,1-6H3/t21?,22-,24?,25?,26?,27-,28-,29+,30-,33+,34-/m0/s1. The molecule has 5 rings (SSSR count). The zero-order valence-electron chi connectivity index (χ0n) is 26.5. The Morgan fingerprint density at radius 3 is 2.46 bits per heavy atom. The molecule has 4 aliphatic carbocycles. The van der Waals surface area contributed by atoms with Crippen LogP contribution in [-0.2, 0) is 9.47 Å². The molecule has 3 N–H and O–H groups in total. The lowest BCUT2D eigenvalue weighted by molar-refractivity contribution is -0.263. The maximum Gasteiger partial charge on any atom is 0.186 e. The van der Waals surface area contributed by atoms with Crippen LogP contribution in [0.15, 0.2) is 16.8 Å². The molecule has 1 heterocycles. The Morgan fingerprint density at radius 2 is 1.78 bits per heavy atom. The number of nitrogens with zero attached hydrogens (tertiary/aromatic N) is 1. The molecule has 7 heteroatoms. The lowest BCUT2D eigenvalue weighted by Gasteiger charge is -2.62. The van der Waals surface area contributed by atoms with Gasteiger partial charge in [0.05, 0.1) is 30.5 Å². The zero-order valence-corrected chi connectivity index (χ0v) is 26.5. The fraction of sp³-hybridized carbons (Fsp3) is 0.941. The van der Waals surface area contributed by atoms with Gasteiger partial charge in [0.2, 0.25) is 0 Å². The Bertz CT molecular complexity index is 975. The number of allylic oxidation sites excluding steroid dienone is 1. The highest BCUT2D eigenvalue weighted by Gasteiger charge is 2.62. The Morgan fingerprint density at radius 1 is 1.05 bits per heavy atom. The van der Waals surface area contributed by atoms with Gasteiger partial charge in [-0.25, -0.2) is 0 Å². The Hall–Kier alpha value is -0.860. The van der Waals surface area contributed by atoms with Gasteiger partial charge in [-0.1, -0.05) is 57.4 Å². The van der Waals surface area contributed by atoms with Gasteiger partial charge in [-0.15, -0.1) is 0 Å². The van der Waals surface area contributed by atoms with Crippen molar-refractivity contribution in [2.24, 2.45) is 45.1 Å². The van der Waals surface area contributed by atoms with Crippen LogP contribution in [0.2, 0.25) is 0 Å². The molecule has 4 fully saturated rings. The van der Waals surface area contributed by atoms with Gasteiger partial charge in [0.1, 0.15) is 0 Å². The van der Waals surface area contributed by atoms with E-state index >= 15 is 0 Å². The van der Waals surface area contributed by atoms with E-state index in [9.17, 15) is 20.2 Å². The number of hydrogen-bond donors (Lipinski definition) is 3. The highest BCUT2D eigenvalue weighted by molar-refractivity contribution is 5.29. The second kappa shape index (κ2) is 11.6. The van der Waals surface area contributed by atoms with Crippen molar-refractivity contribution in [1.29, 1.82) is 0 Å². The summed E-state index contributed by atoms with van der Waals surface area (Å²) in [6.45, 7) is 13.4. The first-order valence-corrected chi connectivity index (χ1v) is 16.6. The highest BCUT2D eigenvalue weighted by Crippen LogP contribution is 2.69. The molecule has 7 nitrogen and oxygen atoms in total. The van der Waals surface area contributed by atoms with Gasteiger partial charge >= 0.3 is 0 Å². The number of aliphatic hydroxyl groups excluding tert-OH is 2. The molecular weight excluding hydrogens is 518 g/mol. The number of nitroso groups, excluding NO2 is 1. The predicted octanol–water partition coefficient (Wildman–Crippen LogP) is 6.52. The molecule has 0 aromatic carbocycles. The number of hydrogen-bond acceptors (Lipinski definition) is 7. The smallest absolute Gasteiger partial charge is 0.186 e. The maximum atomic E-state index is 11.6. The minimum absolute atomic E-state index is 0.141. The molecule has 234 valence electrons. The molecule has 4 unspecified atom stereocenters.